The lowest BCUT2D eigenvalue weighted by molar-refractivity contribution is -0.103. The molecule has 14 atom stereocenters. The van der Waals surface area contributed by atoms with E-state index >= 15 is 0 Å². The molecular formula is C28H50. The van der Waals surface area contributed by atoms with Crippen LogP contribution >= 0.6 is 0 Å². The van der Waals surface area contributed by atoms with Gasteiger partial charge in [0.05, 0.1) is 0 Å². The molecule has 28 heavy (non-hydrogen) atoms. The van der Waals surface area contributed by atoms with Gasteiger partial charge in [0.1, 0.15) is 0 Å². The molecule has 0 aliphatic heterocycles. The highest BCUT2D eigenvalue weighted by Gasteiger charge is 2.53. The molecule has 0 aromatic heterocycles. The Balaban J connectivity index is 1.55. The van der Waals surface area contributed by atoms with Crippen LogP contribution in [0.15, 0.2) is 0 Å². The van der Waals surface area contributed by atoms with Crippen molar-refractivity contribution in [1.82, 2.24) is 0 Å². The van der Waals surface area contributed by atoms with Crippen molar-refractivity contribution in [3.05, 3.63) is 0 Å². The maximum atomic E-state index is 2.69. The van der Waals surface area contributed by atoms with Crippen molar-refractivity contribution >= 4 is 0 Å². The molecule has 4 aliphatic rings. The lowest BCUT2D eigenvalue weighted by Gasteiger charge is -2.59. The van der Waals surface area contributed by atoms with E-state index in [0.717, 1.165) is 82.9 Å². The van der Waals surface area contributed by atoms with Gasteiger partial charge in [0.2, 0.25) is 0 Å². The zero-order valence-electron chi connectivity index (χ0n) is 20.3. The molecule has 14 unspecified atom stereocenters. The van der Waals surface area contributed by atoms with Gasteiger partial charge in [0, 0.05) is 0 Å². The topological polar surface area (TPSA) is 0 Å². The molecule has 0 spiro atoms. The maximum Gasteiger partial charge on any atom is -0.0352 e. The summed E-state index contributed by atoms with van der Waals surface area (Å²) in [6, 6.07) is 0. The highest BCUT2D eigenvalue weighted by Crippen LogP contribution is 2.60. The molecule has 162 valence electrons. The smallest absolute Gasteiger partial charge is 0.0352 e. The third-order valence-electron chi connectivity index (χ3n) is 11.6. The molecule has 0 aromatic carbocycles. The Morgan fingerprint density at radius 3 is 1.29 bits per heavy atom. The average Bonchev–Trinajstić information content (AvgIpc) is 2.64. The van der Waals surface area contributed by atoms with Crippen LogP contribution in [0.5, 0.6) is 0 Å². The Hall–Kier alpha value is 0. The fraction of sp³-hybridized carbons (Fsp3) is 1.00. The van der Waals surface area contributed by atoms with E-state index in [0.29, 0.717) is 0 Å². The van der Waals surface area contributed by atoms with E-state index in [2.05, 4.69) is 55.4 Å². The van der Waals surface area contributed by atoms with Crippen molar-refractivity contribution < 1.29 is 0 Å². The molecule has 4 fully saturated rings. The predicted octanol–water partition coefficient (Wildman–Crippen LogP) is 8.17. The van der Waals surface area contributed by atoms with Crippen LogP contribution in [0.1, 0.15) is 93.9 Å². The Morgan fingerprint density at radius 1 is 0.321 bits per heavy atom. The summed E-state index contributed by atoms with van der Waals surface area (Å²) in [4.78, 5) is 0. The van der Waals surface area contributed by atoms with E-state index in [1.54, 1.807) is 12.8 Å². The van der Waals surface area contributed by atoms with E-state index < -0.39 is 0 Å². The molecule has 0 heteroatoms. The van der Waals surface area contributed by atoms with Crippen LogP contribution in [0.2, 0.25) is 0 Å². The van der Waals surface area contributed by atoms with E-state index in [1.807, 2.05) is 0 Å². The van der Waals surface area contributed by atoms with Gasteiger partial charge in [-0.25, -0.2) is 0 Å². The molecule has 0 heterocycles. The summed E-state index contributed by atoms with van der Waals surface area (Å²) in [6.45, 7) is 20.8. The first-order valence-corrected chi connectivity index (χ1v) is 13.2. The van der Waals surface area contributed by atoms with Gasteiger partial charge >= 0.3 is 0 Å². The van der Waals surface area contributed by atoms with Crippen molar-refractivity contribution in [1.29, 1.82) is 0 Å². The highest BCUT2D eigenvalue weighted by atomic mass is 14.6. The van der Waals surface area contributed by atoms with Crippen LogP contribution in [0, 0.1) is 82.9 Å². The molecule has 0 amide bonds. The minimum atomic E-state index is 0.937. The average molecular weight is 387 g/mol. The lowest BCUT2D eigenvalue weighted by Crippen LogP contribution is -2.52. The first-order chi connectivity index (χ1) is 13.2. The van der Waals surface area contributed by atoms with E-state index in [-0.39, 0.29) is 0 Å². The van der Waals surface area contributed by atoms with Crippen molar-refractivity contribution in [2.75, 3.05) is 0 Å². The number of hydrogen-bond donors (Lipinski definition) is 0. The second-order valence-corrected chi connectivity index (χ2v) is 13.0. The van der Waals surface area contributed by atoms with Gasteiger partial charge in [-0.15, -0.1) is 0 Å². The van der Waals surface area contributed by atoms with Gasteiger partial charge in [-0.1, -0.05) is 55.4 Å². The first-order valence-electron chi connectivity index (χ1n) is 13.2. The monoisotopic (exact) mass is 386 g/mol. The Morgan fingerprint density at radius 2 is 0.750 bits per heavy atom. The second kappa shape index (κ2) is 7.92. The van der Waals surface area contributed by atoms with Gasteiger partial charge in [-0.05, 0) is 121 Å². The van der Waals surface area contributed by atoms with Crippen LogP contribution < -0.4 is 0 Å². The molecule has 0 aromatic rings. The molecule has 0 nitrogen and oxygen atoms in total. The highest BCUT2D eigenvalue weighted by molar-refractivity contribution is 5.02. The van der Waals surface area contributed by atoms with Crippen molar-refractivity contribution in [2.45, 2.75) is 93.9 Å². The van der Waals surface area contributed by atoms with Crippen LogP contribution in [0.25, 0.3) is 0 Å². The first kappa shape index (κ1) is 21.2. The molecule has 4 saturated carbocycles. The Labute approximate surface area is 177 Å². The maximum absolute atomic E-state index is 2.69. The lowest BCUT2D eigenvalue weighted by atomic mass is 9.46. The minimum Gasteiger partial charge on any atom is -0.0625 e. The van der Waals surface area contributed by atoms with Gasteiger partial charge in [-0.3, -0.25) is 0 Å². The zero-order chi connectivity index (χ0) is 20.3. The normalized spacial score (nSPS) is 60.0. The van der Waals surface area contributed by atoms with E-state index in [1.165, 1.54) is 25.7 Å². The van der Waals surface area contributed by atoms with Gasteiger partial charge < -0.3 is 0 Å². The van der Waals surface area contributed by atoms with Gasteiger partial charge in [-0.2, -0.15) is 0 Å². The summed E-state index contributed by atoms with van der Waals surface area (Å²) in [5.74, 6) is 13.8. The van der Waals surface area contributed by atoms with Gasteiger partial charge in [0.25, 0.3) is 0 Å². The summed E-state index contributed by atoms with van der Waals surface area (Å²) < 4.78 is 0. The Bertz CT molecular complexity index is 536. The molecule has 0 radical (unpaired) electrons. The summed E-state index contributed by atoms with van der Waals surface area (Å²) in [5, 5.41) is 0. The fourth-order valence-corrected chi connectivity index (χ4v) is 9.43. The SMILES string of the molecule is CC1CC(C)C(C)C(C2CC3C(C)C4CC(C)C(C)CC4C(C)C3CC2C)C1. The quantitative estimate of drug-likeness (QED) is 0.426. The largest absolute Gasteiger partial charge is 0.0625 e. The molecular weight excluding hydrogens is 336 g/mol. The van der Waals surface area contributed by atoms with E-state index in [4.69, 9.17) is 0 Å². The van der Waals surface area contributed by atoms with Crippen molar-refractivity contribution in [2.24, 2.45) is 82.9 Å². The third kappa shape index (κ3) is 3.51. The van der Waals surface area contributed by atoms with Crippen LogP contribution in [-0.2, 0) is 0 Å². The summed E-state index contributed by atoms with van der Waals surface area (Å²) >= 11 is 0. The van der Waals surface area contributed by atoms with E-state index in [9.17, 15) is 0 Å². The number of rotatable bonds is 1. The van der Waals surface area contributed by atoms with Crippen LogP contribution in [0.4, 0.5) is 0 Å². The fourth-order valence-electron chi connectivity index (χ4n) is 9.43. The standard InChI is InChI=1S/C28H50/c1-15-9-18(4)20(6)24(10-15)23-14-28-22(8)26-12-17(3)16(2)11-25(26)21(7)27(28)13-19(23)5/h15-28H,9-14H2,1-8H3. The summed E-state index contributed by atoms with van der Waals surface area (Å²) in [7, 11) is 0. The minimum absolute atomic E-state index is 0.937. The second-order valence-electron chi connectivity index (χ2n) is 13.0. The van der Waals surface area contributed by atoms with Gasteiger partial charge in [0.15, 0.2) is 0 Å². The number of fused-ring (bicyclic) bond motifs is 2. The molecule has 0 N–H and O–H groups in total. The molecule has 4 aliphatic carbocycles. The molecule has 4 rings (SSSR count). The van der Waals surface area contributed by atoms with Crippen molar-refractivity contribution in [3.63, 3.8) is 0 Å². The summed E-state index contributed by atoms with van der Waals surface area (Å²) in [6.07, 6.45) is 9.14. The van der Waals surface area contributed by atoms with Crippen LogP contribution in [-0.4, -0.2) is 0 Å². The molecule has 0 saturated heterocycles. The van der Waals surface area contributed by atoms with Crippen molar-refractivity contribution in [3.8, 4) is 0 Å². The van der Waals surface area contributed by atoms with Crippen LogP contribution in [0.3, 0.4) is 0 Å². The third-order valence-corrected chi connectivity index (χ3v) is 11.6. The predicted molar refractivity (Wildman–Crippen MR) is 122 cm³/mol. The molecule has 0 bridgehead atoms. The summed E-state index contributed by atoms with van der Waals surface area (Å²) in [5.41, 5.74) is 0. The zero-order valence-corrected chi connectivity index (χ0v) is 20.3. The Kier molecular flexibility index (Phi) is 6.01. The number of hydrogen-bond acceptors (Lipinski definition) is 0.